The standard InChI is InChI=1S/C23H27N3O4S2/c1-14(20(27)24-15-8-10-16(30-3)11-9-15)31-23-25-21-19(22(28)26(23)12-13-29-2)17-6-4-5-7-18(17)32-21/h8-11,14H,4-7,12-13H2,1-3H3,(H,24,27). The van der Waals surface area contributed by atoms with E-state index >= 15 is 0 Å². The van der Waals surface area contributed by atoms with Gasteiger partial charge in [0.15, 0.2) is 5.16 Å². The molecule has 2 heterocycles. The Hall–Kier alpha value is -2.36. The number of carbonyl (C=O) groups excluding carboxylic acids is 1. The third-order valence-electron chi connectivity index (χ3n) is 5.57. The first-order chi connectivity index (χ1) is 15.5. The molecule has 0 radical (unpaired) electrons. The molecule has 0 aliphatic heterocycles. The zero-order valence-electron chi connectivity index (χ0n) is 18.5. The second-order valence-corrected chi connectivity index (χ2v) is 10.1. The molecule has 170 valence electrons. The number of nitrogens with one attached hydrogen (secondary N) is 1. The van der Waals surface area contributed by atoms with Gasteiger partial charge in [-0.15, -0.1) is 11.3 Å². The minimum Gasteiger partial charge on any atom is -0.497 e. The van der Waals surface area contributed by atoms with Gasteiger partial charge in [-0.25, -0.2) is 4.98 Å². The summed E-state index contributed by atoms with van der Waals surface area (Å²) in [6.07, 6.45) is 4.21. The van der Waals surface area contributed by atoms with Crippen molar-refractivity contribution in [3.8, 4) is 5.75 Å². The van der Waals surface area contributed by atoms with E-state index in [0.29, 0.717) is 24.0 Å². The summed E-state index contributed by atoms with van der Waals surface area (Å²) < 4.78 is 12.0. The lowest BCUT2D eigenvalue weighted by atomic mass is 9.97. The molecule has 0 bridgehead atoms. The predicted molar refractivity (Wildman–Crippen MR) is 129 cm³/mol. The van der Waals surface area contributed by atoms with Crippen molar-refractivity contribution in [1.82, 2.24) is 9.55 Å². The molecule has 0 saturated heterocycles. The molecular formula is C23H27N3O4S2. The highest BCUT2D eigenvalue weighted by Gasteiger charge is 2.24. The smallest absolute Gasteiger partial charge is 0.263 e. The zero-order valence-corrected chi connectivity index (χ0v) is 20.1. The topological polar surface area (TPSA) is 82.4 Å². The summed E-state index contributed by atoms with van der Waals surface area (Å²) in [5.74, 6) is 0.571. The first-order valence-electron chi connectivity index (χ1n) is 10.7. The van der Waals surface area contributed by atoms with Gasteiger partial charge in [0.05, 0.1) is 30.9 Å². The first-order valence-corrected chi connectivity index (χ1v) is 12.4. The predicted octanol–water partition coefficient (Wildman–Crippen LogP) is 4.11. The van der Waals surface area contributed by atoms with Crippen molar-refractivity contribution in [2.75, 3.05) is 26.1 Å². The van der Waals surface area contributed by atoms with Crippen LogP contribution >= 0.6 is 23.1 Å². The largest absolute Gasteiger partial charge is 0.497 e. The molecule has 1 atom stereocenters. The van der Waals surface area contributed by atoms with E-state index in [1.54, 1.807) is 54.4 Å². The molecule has 4 rings (SSSR count). The van der Waals surface area contributed by atoms with E-state index < -0.39 is 5.25 Å². The number of hydrogen-bond acceptors (Lipinski definition) is 7. The van der Waals surface area contributed by atoms with E-state index in [1.807, 2.05) is 6.92 Å². The molecular weight excluding hydrogens is 446 g/mol. The van der Waals surface area contributed by atoms with E-state index in [0.717, 1.165) is 41.6 Å². The Morgan fingerprint density at radius 1 is 1.25 bits per heavy atom. The highest BCUT2D eigenvalue weighted by Crippen LogP contribution is 2.35. The Labute approximate surface area is 195 Å². The van der Waals surface area contributed by atoms with E-state index in [1.165, 1.54) is 22.2 Å². The van der Waals surface area contributed by atoms with Crippen molar-refractivity contribution in [3.05, 3.63) is 45.1 Å². The Balaban J connectivity index is 1.61. The molecule has 1 aliphatic rings. The fraction of sp³-hybridized carbons (Fsp3) is 0.435. The third-order valence-corrected chi connectivity index (χ3v) is 7.84. The van der Waals surface area contributed by atoms with Gasteiger partial charge in [0.1, 0.15) is 10.6 Å². The number of amides is 1. The van der Waals surface area contributed by atoms with Crippen molar-refractivity contribution in [2.45, 2.75) is 49.6 Å². The number of thioether (sulfide) groups is 1. The molecule has 2 aromatic heterocycles. The molecule has 0 fully saturated rings. The molecule has 1 aliphatic carbocycles. The molecule has 1 amide bonds. The van der Waals surface area contributed by atoms with Crippen LogP contribution in [-0.2, 0) is 28.9 Å². The molecule has 3 aromatic rings. The molecule has 1 aromatic carbocycles. The monoisotopic (exact) mass is 473 g/mol. The molecule has 1 unspecified atom stereocenters. The van der Waals surface area contributed by atoms with Crippen LogP contribution in [0.4, 0.5) is 5.69 Å². The number of hydrogen-bond donors (Lipinski definition) is 1. The van der Waals surface area contributed by atoms with Gasteiger partial charge in [0.2, 0.25) is 5.91 Å². The van der Waals surface area contributed by atoms with Crippen LogP contribution < -0.4 is 15.6 Å². The summed E-state index contributed by atoms with van der Waals surface area (Å²) >= 11 is 2.92. The molecule has 7 nitrogen and oxygen atoms in total. The number of methoxy groups -OCH3 is 2. The fourth-order valence-corrected chi connectivity index (χ4v) is 6.06. The van der Waals surface area contributed by atoms with E-state index in [-0.39, 0.29) is 11.5 Å². The number of carbonyl (C=O) groups is 1. The van der Waals surface area contributed by atoms with Gasteiger partial charge in [-0.3, -0.25) is 14.2 Å². The van der Waals surface area contributed by atoms with Gasteiger partial charge in [0.25, 0.3) is 5.56 Å². The van der Waals surface area contributed by atoms with E-state index in [9.17, 15) is 9.59 Å². The van der Waals surface area contributed by atoms with Gasteiger partial charge in [-0.05, 0) is 62.4 Å². The first kappa shape index (κ1) is 22.8. The van der Waals surface area contributed by atoms with Crippen molar-refractivity contribution in [1.29, 1.82) is 0 Å². The fourth-order valence-electron chi connectivity index (χ4n) is 3.82. The van der Waals surface area contributed by atoms with Crippen molar-refractivity contribution in [2.24, 2.45) is 0 Å². The number of aryl methyl sites for hydroxylation is 2. The summed E-state index contributed by atoms with van der Waals surface area (Å²) in [6.45, 7) is 2.62. The summed E-state index contributed by atoms with van der Waals surface area (Å²) in [5, 5.41) is 3.78. The van der Waals surface area contributed by atoms with Gasteiger partial charge in [-0.1, -0.05) is 11.8 Å². The zero-order chi connectivity index (χ0) is 22.7. The maximum absolute atomic E-state index is 13.4. The maximum Gasteiger partial charge on any atom is 0.263 e. The van der Waals surface area contributed by atoms with Gasteiger partial charge >= 0.3 is 0 Å². The Kier molecular flexibility index (Phi) is 7.17. The van der Waals surface area contributed by atoms with Crippen LogP contribution in [0.2, 0.25) is 0 Å². The molecule has 9 heteroatoms. The number of rotatable bonds is 8. The second kappa shape index (κ2) is 10.1. The summed E-state index contributed by atoms with van der Waals surface area (Å²) in [5.41, 5.74) is 1.83. The highest BCUT2D eigenvalue weighted by molar-refractivity contribution is 8.00. The lowest BCUT2D eigenvalue weighted by Gasteiger charge is -2.16. The van der Waals surface area contributed by atoms with Crippen LogP contribution in [0.15, 0.2) is 34.2 Å². The number of aromatic nitrogens is 2. The van der Waals surface area contributed by atoms with Crippen LogP contribution in [0.25, 0.3) is 10.2 Å². The quantitative estimate of drug-likeness (QED) is 0.392. The average Bonchev–Trinajstić information content (AvgIpc) is 3.17. The molecule has 32 heavy (non-hydrogen) atoms. The number of fused-ring (bicyclic) bond motifs is 3. The molecule has 1 N–H and O–H groups in total. The highest BCUT2D eigenvalue weighted by atomic mass is 32.2. The van der Waals surface area contributed by atoms with Crippen LogP contribution in [0.3, 0.4) is 0 Å². The molecule has 0 spiro atoms. The average molecular weight is 474 g/mol. The second-order valence-electron chi connectivity index (χ2n) is 7.71. The minimum atomic E-state index is -0.440. The van der Waals surface area contributed by atoms with Crippen molar-refractivity contribution >= 4 is 44.9 Å². The van der Waals surface area contributed by atoms with Crippen LogP contribution in [0, 0.1) is 0 Å². The third kappa shape index (κ3) is 4.69. The Morgan fingerprint density at radius 3 is 2.72 bits per heavy atom. The number of thiophene rings is 1. The number of ether oxygens (including phenoxy) is 2. The number of anilines is 1. The van der Waals surface area contributed by atoms with Crippen molar-refractivity contribution < 1.29 is 14.3 Å². The van der Waals surface area contributed by atoms with Crippen LogP contribution in [0.5, 0.6) is 5.75 Å². The maximum atomic E-state index is 13.4. The number of nitrogens with zero attached hydrogens (tertiary/aromatic N) is 2. The van der Waals surface area contributed by atoms with Gasteiger partial charge in [0, 0.05) is 17.7 Å². The number of benzene rings is 1. The van der Waals surface area contributed by atoms with Crippen LogP contribution in [-0.4, -0.2) is 41.5 Å². The summed E-state index contributed by atoms with van der Waals surface area (Å²) in [4.78, 5) is 33.1. The van der Waals surface area contributed by atoms with E-state index in [4.69, 9.17) is 14.5 Å². The van der Waals surface area contributed by atoms with Gasteiger partial charge < -0.3 is 14.8 Å². The van der Waals surface area contributed by atoms with Crippen LogP contribution in [0.1, 0.15) is 30.2 Å². The Morgan fingerprint density at radius 2 is 2.00 bits per heavy atom. The summed E-state index contributed by atoms with van der Waals surface area (Å²) in [6, 6.07) is 7.18. The lowest BCUT2D eigenvalue weighted by molar-refractivity contribution is -0.115. The normalized spacial score (nSPS) is 14.2. The van der Waals surface area contributed by atoms with Crippen molar-refractivity contribution in [3.63, 3.8) is 0 Å². The minimum absolute atomic E-state index is 0.0308. The van der Waals surface area contributed by atoms with E-state index in [2.05, 4.69) is 5.32 Å². The SMILES string of the molecule is COCCn1c(SC(C)C(=O)Nc2ccc(OC)cc2)nc2sc3c(c2c1=O)CCCC3. The van der Waals surface area contributed by atoms with Gasteiger partial charge in [-0.2, -0.15) is 0 Å². The Bertz CT molecular complexity index is 1170. The lowest BCUT2D eigenvalue weighted by Crippen LogP contribution is -2.28. The summed E-state index contributed by atoms with van der Waals surface area (Å²) in [7, 11) is 3.21. The molecule has 0 saturated carbocycles.